The second-order valence-electron chi connectivity index (χ2n) is 6.08. The van der Waals surface area contributed by atoms with Crippen LogP contribution in [0.5, 0.6) is 0 Å². The minimum absolute atomic E-state index is 0.0964. The molecule has 0 saturated heterocycles. The molecule has 1 amide bonds. The molecular weight excluding hydrogens is 319 g/mol. The fraction of sp³-hybridized carbons (Fsp3) is 0.250. The second kappa shape index (κ2) is 7.38. The molecule has 130 valence electrons. The number of benzene rings is 1. The number of rotatable bonds is 6. The van der Waals surface area contributed by atoms with Crippen LogP contribution in [0.4, 0.5) is 4.39 Å². The van der Waals surface area contributed by atoms with Gasteiger partial charge in [0.15, 0.2) is 0 Å². The first kappa shape index (κ1) is 17.0. The van der Waals surface area contributed by atoms with E-state index in [1.165, 1.54) is 12.1 Å². The first-order chi connectivity index (χ1) is 12.0. The summed E-state index contributed by atoms with van der Waals surface area (Å²) in [4.78, 5) is 12.5. The predicted octanol–water partition coefficient (Wildman–Crippen LogP) is 3.86. The molecule has 2 heterocycles. The number of halogens is 1. The van der Waals surface area contributed by atoms with Crippen molar-refractivity contribution in [1.82, 2.24) is 9.88 Å². The van der Waals surface area contributed by atoms with Crippen LogP contribution in [0.3, 0.4) is 0 Å². The number of carbonyl (C=O) groups excluding carboxylic acids is 1. The number of hydrogen-bond donors (Lipinski definition) is 1. The highest BCUT2D eigenvalue weighted by molar-refractivity contribution is 5.95. The van der Waals surface area contributed by atoms with E-state index in [0.717, 1.165) is 22.7 Å². The third-order valence-corrected chi connectivity index (χ3v) is 4.32. The Morgan fingerprint density at radius 1 is 1.20 bits per heavy atom. The SMILES string of the molecule is Cc1cc(C(=O)NCCc2ccc(F)cc2)c(C)n1Cc1ccco1. The third kappa shape index (κ3) is 3.99. The molecule has 0 radical (unpaired) electrons. The monoisotopic (exact) mass is 340 g/mol. The van der Waals surface area contributed by atoms with E-state index in [0.29, 0.717) is 25.1 Å². The molecule has 1 N–H and O–H groups in total. The van der Waals surface area contributed by atoms with Crippen LogP contribution in [0, 0.1) is 19.7 Å². The molecule has 3 aromatic rings. The van der Waals surface area contributed by atoms with Gasteiger partial charge in [0.1, 0.15) is 11.6 Å². The maximum atomic E-state index is 12.9. The maximum Gasteiger partial charge on any atom is 0.253 e. The molecule has 0 aliphatic heterocycles. The summed E-state index contributed by atoms with van der Waals surface area (Å²) in [7, 11) is 0. The standard InChI is InChI=1S/C20H21FN2O2/c1-14-12-19(15(2)23(14)13-18-4-3-11-25-18)20(24)22-10-9-16-5-7-17(21)8-6-16/h3-8,11-12H,9-10,13H2,1-2H3,(H,22,24). The number of furan rings is 1. The molecule has 0 atom stereocenters. The zero-order valence-electron chi connectivity index (χ0n) is 14.4. The van der Waals surface area contributed by atoms with Crippen LogP contribution in [-0.4, -0.2) is 17.0 Å². The highest BCUT2D eigenvalue weighted by atomic mass is 19.1. The molecule has 25 heavy (non-hydrogen) atoms. The molecule has 1 aromatic carbocycles. The summed E-state index contributed by atoms with van der Waals surface area (Å²) in [6.45, 7) is 5.02. The van der Waals surface area contributed by atoms with Crippen LogP contribution in [0.2, 0.25) is 0 Å². The molecule has 0 aliphatic carbocycles. The van der Waals surface area contributed by atoms with Gasteiger partial charge in [-0.3, -0.25) is 4.79 Å². The van der Waals surface area contributed by atoms with Crippen LogP contribution in [0.15, 0.2) is 53.1 Å². The summed E-state index contributed by atoms with van der Waals surface area (Å²) < 4.78 is 20.4. The Kier molecular flexibility index (Phi) is 5.03. The van der Waals surface area contributed by atoms with Crippen molar-refractivity contribution in [3.05, 3.63) is 82.8 Å². The molecule has 0 fully saturated rings. The summed E-state index contributed by atoms with van der Waals surface area (Å²) >= 11 is 0. The predicted molar refractivity (Wildman–Crippen MR) is 94.2 cm³/mol. The Morgan fingerprint density at radius 2 is 1.96 bits per heavy atom. The average Bonchev–Trinajstić information content (AvgIpc) is 3.20. The number of carbonyl (C=O) groups is 1. The molecule has 5 heteroatoms. The largest absolute Gasteiger partial charge is 0.467 e. The zero-order chi connectivity index (χ0) is 17.8. The lowest BCUT2D eigenvalue weighted by atomic mass is 10.1. The highest BCUT2D eigenvalue weighted by Gasteiger charge is 2.16. The van der Waals surface area contributed by atoms with Crippen molar-refractivity contribution in [3.63, 3.8) is 0 Å². The Morgan fingerprint density at radius 3 is 2.64 bits per heavy atom. The topological polar surface area (TPSA) is 47.2 Å². The van der Waals surface area contributed by atoms with Crippen LogP contribution >= 0.6 is 0 Å². The van der Waals surface area contributed by atoms with Crippen molar-refractivity contribution >= 4 is 5.91 Å². The summed E-state index contributed by atoms with van der Waals surface area (Å²) in [5.41, 5.74) is 3.58. The quantitative estimate of drug-likeness (QED) is 0.741. The Hall–Kier alpha value is -2.82. The lowest BCUT2D eigenvalue weighted by molar-refractivity contribution is 0.0953. The van der Waals surface area contributed by atoms with Crippen LogP contribution in [-0.2, 0) is 13.0 Å². The lowest BCUT2D eigenvalue weighted by Crippen LogP contribution is -2.26. The molecule has 2 aromatic heterocycles. The van der Waals surface area contributed by atoms with Gasteiger partial charge in [0, 0.05) is 17.9 Å². The summed E-state index contributed by atoms with van der Waals surface area (Å²) in [6.07, 6.45) is 2.31. The molecule has 3 rings (SSSR count). The molecule has 0 unspecified atom stereocenters. The Bertz CT molecular complexity index is 849. The van der Waals surface area contributed by atoms with E-state index < -0.39 is 0 Å². The van der Waals surface area contributed by atoms with E-state index in [-0.39, 0.29) is 11.7 Å². The summed E-state index contributed by atoms with van der Waals surface area (Å²) in [5, 5.41) is 2.93. The van der Waals surface area contributed by atoms with E-state index in [1.807, 2.05) is 32.0 Å². The lowest BCUT2D eigenvalue weighted by Gasteiger charge is -2.08. The van der Waals surface area contributed by atoms with Crippen molar-refractivity contribution in [3.8, 4) is 0 Å². The van der Waals surface area contributed by atoms with Gasteiger partial charge in [0.25, 0.3) is 5.91 Å². The van der Waals surface area contributed by atoms with Crippen LogP contribution in [0.25, 0.3) is 0 Å². The number of aromatic nitrogens is 1. The normalized spacial score (nSPS) is 10.8. The van der Waals surface area contributed by atoms with Crippen molar-refractivity contribution in [2.24, 2.45) is 0 Å². The van der Waals surface area contributed by atoms with Gasteiger partial charge < -0.3 is 14.3 Å². The van der Waals surface area contributed by atoms with E-state index in [2.05, 4.69) is 9.88 Å². The van der Waals surface area contributed by atoms with Gasteiger partial charge >= 0.3 is 0 Å². The van der Waals surface area contributed by atoms with E-state index in [9.17, 15) is 9.18 Å². The first-order valence-electron chi connectivity index (χ1n) is 8.26. The van der Waals surface area contributed by atoms with Gasteiger partial charge in [-0.25, -0.2) is 4.39 Å². The van der Waals surface area contributed by atoms with E-state index in [4.69, 9.17) is 4.42 Å². The van der Waals surface area contributed by atoms with Crippen molar-refractivity contribution in [1.29, 1.82) is 0 Å². The number of aryl methyl sites for hydroxylation is 1. The Balaban J connectivity index is 1.63. The van der Waals surface area contributed by atoms with Gasteiger partial charge in [0.2, 0.25) is 0 Å². The minimum atomic E-state index is -0.253. The van der Waals surface area contributed by atoms with Gasteiger partial charge in [-0.05, 0) is 56.2 Å². The Labute approximate surface area is 146 Å². The van der Waals surface area contributed by atoms with Gasteiger partial charge in [-0.15, -0.1) is 0 Å². The first-order valence-corrected chi connectivity index (χ1v) is 8.26. The molecule has 4 nitrogen and oxygen atoms in total. The summed E-state index contributed by atoms with van der Waals surface area (Å²) in [5.74, 6) is 0.503. The van der Waals surface area contributed by atoms with Crippen LogP contribution in [0.1, 0.15) is 33.1 Å². The smallest absolute Gasteiger partial charge is 0.253 e. The minimum Gasteiger partial charge on any atom is -0.467 e. The molecule has 0 aliphatic rings. The van der Waals surface area contributed by atoms with Gasteiger partial charge in [-0.1, -0.05) is 12.1 Å². The van der Waals surface area contributed by atoms with Gasteiger partial charge in [0.05, 0.1) is 18.4 Å². The van der Waals surface area contributed by atoms with E-state index in [1.54, 1.807) is 18.4 Å². The number of nitrogens with one attached hydrogen (secondary N) is 1. The average molecular weight is 340 g/mol. The maximum absolute atomic E-state index is 12.9. The van der Waals surface area contributed by atoms with Crippen molar-refractivity contribution < 1.29 is 13.6 Å². The highest BCUT2D eigenvalue weighted by Crippen LogP contribution is 2.17. The van der Waals surface area contributed by atoms with Gasteiger partial charge in [-0.2, -0.15) is 0 Å². The fourth-order valence-electron chi connectivity index (χ4n) is 2.90. The van der Waals surface area contributed by atoms with E-state index >= 15 is 0 Å². The summed E-state index contributed by atoms with van der Waals surface area (Å²) in [6, 6.07) is 12.0. The molecule has 0 bridgehead atoms. The van der Waals surface area contributed by atoms with Crippen molar-refractivity contribution in [2.45, 2.75) is 26.8 Å². The second-order valence-corrected chi connectivity index (χ2v) is 6.08. The third-order valence-electron chi connectivity index (χ3n) is 4.32. The number of amides is 1. The molecule has 0 saturated carbocycles. The fourth-order valence-corrected chi connectivity index (χ4v) is 2.90. The number of nitrogens with zero attached hydrogens (tertiary/aromatic N) is 1. The van der Waals surface area contributed by atoms with Crippen LogP contribution < -0.4 is 5.32 Å². The zero-order valence-corrected chi connectivity index (χ0v) is 14.4. The molecule has 0 spiro atoms. The number of hydrogen-bond acceptors (Lipinski definition) is 2. The molecular formula is C20H21FN2O2. The van der Waals surface area contributed by atoms with Crippen molar-refractivity contribution in [2.75, 3.05) is 6.54 Å².